The van der Waals surface area contributed by atoms with Crippen LogP contribution in [0.2, 0.25) is 0 Å². The number of benzene rings is 10. The number of ether oxygens (including phenoxy) is 5. The molecule has 5 aromatic heterocycles. The Kier molecular flexibility index (Phi) is 39.1. The minimum atomic E-state index is -1.07. The lowest BCUT2D eigenvalue weighted by Gasteiger charge is -2.14. The zero-order valence-electron chi connectivity index (χ0n) is 82.8. The fraction of sp³-hybridized carbons (Fsp3) is 0.229. The van der Waals surface area contributed by atoms with Crippen LogP contribution in [0.5, 0.6) is 28.7 Å². The van der Waals surface area contributed by atoms with E-state index in [2.05, 4.69) is 14.9 Å². The molecule has 10 aromatic carbocycles. The van der Waals surface area contributed by atoms with Crippen molar-refractivity contribution in [1.29, 1.82) is 0 Å². The Labute approximate surface area is 849 Å². The van der Waals surface area contributed by atoms with Crippen LogP contribution >= 0.6 is 0 Å². The molecule has 0 saturated heterocycles. The van der Waals surface area contributed by atoms with Crippen molar-refractivity contribution in [2.24, 2.45) is 28.7 Å². The lowest BCUT2D eigenvalue weighted by atomic mass is 10.0. The predicted octanol–water partition coefficient (Wildman–Crippen LogP) is 10.4. The van der Waals surface area contributed by atoms with Crippen LogP contribution in [0.4, 0.5) is 0 Å². The van der Waals surface area contributed by atoms with Gasteiger partial charge in [0.25, 0.3) is 76.3 Å². The summed E-state index contributed by atoms with van der Waals surface area (Å²) >= 11 is 0. The molecule has 0 saturated carbocycles. The van der Waals surface area contributed by atoms with Crippen molar-refractivity contribution in [3.8, 4) is 28.7 Å². The van der Waals surface area contributed by atoms with Gasteiger partial charge in [-0.1, -0.05) is 217 Å². The van der Waals surface area contributed by atoms with Crippen molar-refractivity contribution in [3.63, 3.8) is 0 Å². The Morgan fingerprint density at radius 1 is 0.304 bits per heavy atom. The first kappa shape index (κ1) is 110. The second-order valence-electron chi connectivity index (χ2n) is 33.2. The monoisotopic (exact) mass is 2020 g/mol. The summed E-state index contributed by atoms with van der Waals surface area (Å²) in [5.74, 6) is -9.21. The number of nitrogens with one attached hydrogen (secondary N) is 3. The van der Waals surface area contributed by atoms with Gasteiger partial charge >= 0.3 is 0 Å². The van der Waals surface area contributed by atoms with E-state index in [-0.39, 0.29) is 60.0 Å². The van der Waals surface area contributed by atoms with Gasteiger partial charge in [-0.25, -0.2) is 26.6 Å². The normalized spacial score (nSPS) is 10.8. The average molecular weight is 2020 g/mol. The molecule has 148 heavy (non-hydrogen) atoms. The number of nitrogens with zero attached hydrogens (tertiary/aromatic N) is 7. The zero-order chi connectivity index (χ0) is 107. The minimum Gasteiger partial charge on any atom is -0.483 e. The van der Waals surface area contributed by atoms with Crippen molar-refractivity contribution in [1.82, 2.24) is 49.4 Å². The van der Waals surface area contributed by atoms with Crippen molar-refractivity contribution >= 4 is 137 Å². The van der Waals surface area contributed by atoms with Gasteiger partial charge in [-0.15, -0.1) is 0 Å². The number of hydrogen-bond donors (Lipinski definition) is 11. The number of carbonyl (C=O) groups excluding carboxylic acids is 14. The highest BCUT2D eigenvalue weighted by Crippen LogP contribution is 2.42. The van der Waals surface area contributed by atoms with E-state index in [0.29, 0.717) is 148 Å². The number of ketones is 4. The second kappa shape index (κ2) is 52.4. The standard InChI is InChI=1S/C23H25N3O5.2C22H23N3O5.C21H21N3O5.C21H23N3O4/c1-4-16-21(22(28)23(24)29)20-17(26(16)13-15-9-6-5-7-10-15)11-8-12-18(20)31-14-19(27)25(2)30-3;1-3-15-20(21(27)22(23)28)19-16(25(15)12-14-8-5-4-6-9-14)10-7-11-17(19)30-13-18(26)24-29-2;1-3-15-20(21(27)22(23)28)19-16(25(15)12-14-8-5-4-6-9-14)10-7-11-17(19)30-13-18(26)24(2)29;1-2-14-19(20(26)21(22)27)18-15(24(14)11-13-7-4-3-5-8-13)9-6-10-16(18)29-12-17(25)23-28;1-2-16-15(11-19(22)25)21-17(24(16)12-14-7-4-3-5-8-14)9-6-10-18(21)28-13-20(26)23-27/h5-12H,4,13-14H2,1-3H3,(H2,24,29);4-11H,3,12-13H2,1-2H3,(H2,23,28)(H,24,26);4-11,29H,3,12-13H2,1-2H3,(H2,23,28);3-10,28H,2,11-12H2,1H3,(H2,22,27)(H,23,25);3-10,27H,2,11-13H2,1H3,(H2,22,25)(H,23,26). The molecule has 39 nitrogen and oxygen atoms in total. The van der Waals surface area contributed by atoms with E-state index < -0.39 is 95.4 Å². The summed E-state index contributed by atoms with van der Waals surface area (Å²) in [6.07, 6.45) is 2.74. The Hall–Kier alpha value is -17.9. The van der Waals surface area contributed by atoms with E-state index in [1.807, 2.05) is 241 Å². The average Bonchev–Trinajstić information content (AvgIpc) is 1.61. The number of primary amides is 5. The van der Waals surface area contributed by atoms with Gasteiger partial charge in [0.05, 0.1) is 92.0 Å². The van der Waals surface area contributed by atoms with Crippen LogP contribution in [0.25, 0.3) is 54.5 Å². The van der Waals surface area contributed by atoms with E-state index in [1.54, 1.807) is 60.1 Å². The number of amides is 10. The number of likely N-dealkylation sites (N-methyl/N-ethyl adjacent to an activating group) is 2. The van der Waals surface area contributed by atoms with Gasteiger partial charge in [0, 0.05) is 80.7 Å². The summed E-state index contributed by atoms with van der Waals surface area (Å²) in [5.41, 5.74) is 46.2. The zero-order valence-corrected chi connectivity index (χ0v) is 82.8. The topological polar surface area (TPSA) is 562 Å². The number of rotatable bonds is 42. The second-order valence-corrected chi connectivity index (χ2v) is 33.2. The molecule has 5 heterocycles. The maximum absolute atomic E-state index is 12.8. The number of fused-ring (bicyclic) bond motifs is 5. The molecule has 0 bridgehead atoms. The van der Waals surface area contributed by atoms with Crippen LogP contribution in [-0.2, 0) is 129 Å². The van der Waals surface area contributed by atoms with Crippen LogP contribution in [0.1, 0.15) is 138 Å². The number of nitrogens with two attached hydrogens (primary N) is 5. The van der Waals surface area contributed by atoms with Crippen LogP contribution in [0.15, 0.2) is 243 Å². The molecule has 0 atom stereocenters. The lowest BCUT2D eigenvalue weighted by Crippen LogP contribution is -2.30. The molecule has 0 aliphatic carbocycles. The van der Waals surface area contributed by atoms with E-state index >= 15 is 0 Å². The summed E-state index contributed by atoms with van der Waals surface area (Å²) < 4.78 is 38.2. The Balaban J connectivity index is 0.000000176. The fourth-order valence-electron chi connectivity index (χ4n) is 17.4. The molecule has 0 aliphatic rings. The van der Waals surface area contributed by atoms with Crippen LogP contribution in [-0.4, -0.2) is 192 Å². The fourth-order valence-corrected chi connectivity index (χ4v) is 17.4. The molecule has 770 valence electrons. The first-order valence-electron chi connectivity index (χ1n) is 46.8. The summed E-state index contributed by atoms with van der Waals surface area (Å²) in [5, 5.41) is 30.7. The summed E-state index contributed by atoms with van der Waals surface area (Å²) in [6, 6.07) is 75.4. The molecule has 16 N–H and O–H groups in total. The molecule has 0 unspecified atom stereocenters. The Morgan fingerprint density at radius 2 is 0.541 bits per heavy atom. The molecule has 10 amide bonds. The van der Waals surface area contributed by atoms with Crippen molar-refractivity contribution in [2.75, 3.05) is 61.3 Å². The van der Waals surface area contributed by atoms with Gasteiger partial charge in [-0.2, -0.15) is 0 Å². The highest BCUT2D eigenvalue weighted by atomic mass is 16.7. The van der Waals surface area contributed by atoms with Crippen LogP contribution in [0.3, 0.4) is 0 Å². The third-order valence-corrected chi connectivity index (χ3v) is 23.9. The number of hydroxylamine groups is 7. The number of Topliss-reactive ketones (excluding diaryl/α,β-unsaturated/α-hetero) is 4. The minimum absolute atomic E-state index is 0.0774. The van der Waals surface area contributed by atoms with E-state index in [9.17, 15) is 72.3 Å². The van der Waals surface area contributed by atoms with Crippen molar-refractivity contribution in [3.05, 3.63) is 327 Å². The van der Waals surface area contributed by atoms with Gasteiger partial charge in [-0.05, 0) is 126 Å². The maximum atomic E-state index is 12.8. The molecular formula is C109H115N15O24. The number of carbonyl (C=O) groups is 14. The summed E-state index contributed by atoms with van der Waals surface area (Å²) in [6.45, 7) is 10.4. The molecular weight excluding hydrogens is 1900 g/mol. The molecule has 0 aliphatic heterocycles. The highest BCUT2D eigenvalue weighted by molar-refractivity contribution is 6.47. The van der Waals surface area contributed by atoms with Crippen LogP contribution in [0, 0.1) is 0 Å². The predicted molar refractivity (Wildman–Crippen MR) is 548 cm³/mol. The quantitative estimate of drug-likeness (QED) is 0.00733. The van der Waals surface area contributed by atoms with Gasteiger partial charge in [0.1, 0.15) is 28.7 Å². The summed E-state index contributed by atoms with van der Waals surface area (Å²) in [4.78, 5) is 178. The largest absolute Gasteiger partial charge is 0.483 e. The van der Waals surface area contributed by atoms with Gasteiger partial charge in [-0.3, -0.25) is 92.4 Å². The molecule has 0 spiro atoms. The van der Waals surface area contributed by atoms with E-state index in [0.717, 1.165) is 60.6 Å². The SMILES string of the molecule is CCc1c(C(=O)C(N)=O)c2c(OCC(=O)N(C)O)cccc2n1Cc1ccccc1.CCc1c(C(=O)C(N)=O)c2c(OCC(=O)N(C)OC)cccc2n1Cc1ccccc1.CCc1c(C(=O)C(N)=O)c2c(OCC(=O)NO)cccc2n1Cc1ccccc1.CCc1c(C(=O)C(N)=O)c2c(OCC(=O)NOC)cccc2n1Cc1ccccc1.CCc1c(CC(N)=O)c2c(OCC(=O)NO)cccc2n1Cc1ccccc1. The van der Waals surface area contributed by atoms with Gasteiger partial charge in [0.15, 0.2) is 33.0 Å². The Morgan fingerprint density at radius 3 is 0.770 bits per heavy atom. The smallest absolute Gasteiger partial charge is 0.289 e. The molecule has 15 aromatic rings. The van der Waals surface area contributed by atoms with Gasteiger partial charge in [0.2, 0.25) is 5.91 Å². The third kappa shape index (κ3) is 26.4. The highest BCUT2D eigenvalue weighted by Gasteiger charge is 2.34. The molecule has 0 fully saturated rings. The summed E-state index contributed by atoms with van der Waals surface area (Å²) in [7, 11) is 5.36. The first-order valence-corrected chi connectivity index (χ1v) is 46.8. The van der Waals surface area contributed by atoms with E-state index in [4.69, 9.17) is 67.6 Å². The van der Waals surface area contributed by atoms with Gasteiger partial charge < -0.3 is 75.2 Å². The van der Waals surface area contributed by atoms with Crippen LogP contribution < -0.4 is 68.8 Å². The number of hydrogen-bond acceptors (Lipinski definition) is 24. The first-order chi connectivity index (χ1) is 71.2. The molecule has 0 radical (unpaired) electrons. The maximum Gasteiger partial charge on any atom is 0.289 e. The van der Waals surface area contributed by atoms with Crippen molar-refractivity contribution in [2.45, 2.75) is 106 Å². The number of aromatic nitrogens is 5. The molecule has 15 rings (SSSR count). The van der Waals surface area contributed by atoms with E-state index in [1.165, 1.54) is 33.8 Å². The third-order valence-electron chi connectivity index (χ3n) is 23.9. The lowest BCUT2D eigenvalue weighted by molar-refractivity contribution is -0.170. The molecule has 39 heteroatoms. The van der Waals surface area contributed by atoms with Crippen molar-refractivity contribution < 1.29 is 116 Å². The Bertz CT molecular complexity index is 7400.